The molecule has 1 unspecified atom stereocenters. The van der Waals surface area contributed by atoms with E-state index in [4.69, 9.17) is 11.6 Å². The standard InChI is InChI=1S/C20H22BrClN2O4/c1-2-3-9-23-20(28)19(13-5-4-6-14(21)10-13)24(18(27)12-25)16-11-15(22)7-8-17(16)26/h4-8,10-11,19,25-26H,2-3,9,12H2,1H3,(H,23,28). The summed E-state index contributed by atoms with van der Waals surface area (Å²) in [5.41, 5.74) is 0.562. The first-order chi connectivity index (χ1) is 13.4. The number of nitrogens with zero attached hydrogens (tertiary/aromatic N) is 1. The molecule has 0 radical (unpaired) electrons. The van der Waals surface area contributed by atoms with Gasteiger partial charge in [-0.15, -0.1) is 0 Å². The van der Waals surface area contributed by atoms with Crippen molar-refractivity contribution in [2.75, 3.05) is 18.1 Å². The van der Waals surface area contributed by atoms with Crippen LogP contribution in [0.5, 0.6) is 5.75 Å². The van der Waals surface area contributed by atoms with E-state index in [1.807, 2.05) is 6.92 Å². The van der Waals surface area contributed by atoms with E-state index in [2.05, 4.69) is 21.2 Å². The van der Waals surface area contributed by atoms with Crippen molar-refractivity contribution in [3.8, 4) is 5.75 Å². The minimum Gasteiger partial charge on any atom is -0.506 e. The molecule has 2 amide bonds. The van der Waals surface area contributed by atoms with E-state index < -0.39 is 24.5 Å². The number of halogens is 2. The van der Waals surface area contributed by atoms with Crippen molar-refractivity contribution in [3.63, 3.8) is 0 Å². The van der Waals surface area contributed by atoms with Crippen molar-refractivity contribution in [2.45, 2.75) is 25.8 Å². The maximum absolute atomic E-state index is 13.0. The van der Waals surface area contributed by atoms with Crippen LogP contribution >= 0.6 is 27.5 Å². The van der Waals surface area contributed by atoms with E-state index >= 15 is 0 Å². The second-order valence-electron chi connectivity index (χ2n) is 6.16. The van der Waals surface area contributed by atoms with E-state index in [1.165, 1.54) is 18.2 Å². The summed E-state index contributed by atoms with van der Waals surface area (Å²) in [5.74, 6) is -1.39. The van der Waals surface area contributed by atoms with E-state index in [1.54, 1.807) is 24.3 Å². The lowest BCUT2D eigenvalue weighted by atomic mass is 10.0. The molecule has 0 saturated carbocycles. The molecule has 0 aliphatic rings. The Hall–Kier alpha value is -2.09. The molecule has 0 saturated heterocycles. The number of aliphatic hydroxyl groups excluding tert-OH is 1. The molecule has 2 rings (SSSR count). The number of amides is 2. The number of aliphatic hydroxyl groups is 1. The molecule has 0 heterocycles. The quantitative estimate of drug-likeness (QED) is 0.513. The SMILES string of the molecule is CCCCNC(=O)C(c1cccc(Br)c1)N(C(=O)CO)c1cc(Cl)ccc1O. The first kappa shape index (κ1) is 22.2. The number of carbonyl (C=O) groups is 2. The van der Waals surface area contributed by atoms with Gasteiger partial charge in [0.2, 0.25) is 5.91 Å². The largest absolute Gasteiger partial charge is 0.506 e. The number of carbonyl (C=O) groups excluding carboxylic acids is 2. The van der Waals surface area contributed by atoms with Crippen LogP contribution in [0.2, 0.25) is 5.02 Å². The molecule has 0 aromatic heterocycles. The molecule has 0 spiro atoms. The number of aromatic hydroxyl groups is 1. The van der Waals surface area contributed by atoms with Crippen LogP contribution in [0.4, 0.5) is 5.69 Å². The van der Waals surface area contributed by atoms with Gasteiger partial charge in [0.15, 0.2) is 0 Å². The van der Waals surface area contributed by atoms with Gasteiger partial charge in [0.05, 0.1) is 5.69 Å². The van der Waals surface area contributed by atoms with Crippen LogP contribution in [0, 0.1) is 0 Å². The highest BCUT2D eigenvalue weighted by Gasteiger charge is 2.34. The zero-order valence-electron chi connectivity index (χ0n) is 15.4. The second kappa shape index (κ2) is 10.5. The lowest BCUT2D eigenvalue weighted by Crippen LogP contribution is -2.45. The summed E-state index contributed by atoms with van der Waals surface area (Å²) in [6.45, 7) is 1.62. The van der Waals surface area contributed by atoms with Gasteiger partial charge in [-0.2, -0.15) is 0 Å². The maximum atomic E-state index is 13.0. The fraction of sp³-hybridized carbons (Fsp3) is 0.300. The summed E-state index contributed by atoms with van der Waals surface area (Å²) in [4.78, 5) is 26.8. The summed E-state index contributed by atoms with van der Waals surface area (Å²) < 4.78 is 0.725. The highest BCUT2D eigenvalue weighted by molar-refractivity contribution is 9.10. The van der Waals surface area contributed by atoms with Crippen molar-refractivity contribution >= 4 is 45.0 Å². The third kappa shape index (κ3) is 5.47. The Kier molecular flexibility index (Phi) is 8.29. The number of phenolic OH excluding ortho intramolecular Hbond substituents is 1. The average molecular weight is 470 g/mol. The molecule has 0 fully saturated rings. The van der Waals surface area contributed by atoms with Crippen LogP contribution in [0.1, 0.15) is 31.4 Å². The molecule has 6 nitrogen and oxygen atoms in total. The first-order valence-electron chi connectivity index (χ1n) is 8.83. The van der Waals surface area contributed by atoms with Crippen molar-refractivity contribution in [1.29, 1.82) is 0 Å². The van der Waals surface area contributed by atoms with E-state index in [9.17, 15) is 19.8 Å². The minimum atomic E-state index is -1.10. The van der Waals surface area contributed by atoms with Crippen LogP contribution in [0.25, 0.3) is 0 Å². The highest BCUT2D eigenvalue weighted by Crippen LogP contribution is 2.36. The van der Waals surface area contributed by atoms with Gasteiger partial charge in [0.1, 0.15) is 18.4 Å². The third-order valence-corrected chi connectivity index (χ3v) is 4.83. The number of hydrogen-bond acceptors (Lipinski definition) is 4. The smallest absolute Gasteiger partial charge is 0.253 e. The summed E-state index contributed by atoms with van der Waals surface area (Å²) in [5, 5.41) is 22.9. The van der Waals surface area contributed by atoms with E-state index in [0.29, 0.717) is 12.1 Å². The first-order valence-corrected chi connectivity index (χ1v) is 10.0. The van der Waals surface area contributed by atoms with Crippen molar-refractivity contribution in [3.05, 3.63) is 57.5 Å². The number of anilines is 1. The van der Waals surface area contributed by atoms with Gasteiger partial charge < -0.3 is 15.5 Å². The molecular weight excluding hydrogens is 448 g/mol. The molecular formula is C20H22BrClN2O4. The number of unbranched alkanes of at least 4 members (excludes halogenated alkanes) is 1. The Labute approximate surface area is 177 Å². The zero-order chi connectivity index (χ0) is 20.7. The maximum Gasteiger partial charge on any atom is 0.253 e. The van der Waals surface area contributed by atoms with Gasteiger partial charge >= 0.3 is 0 Å². The fourth-order valence-electron chi connectivity index (χ4n) is 2.76. The van der Waals surface area contributed by atoms with Crippen LogP contribution in [-0.2, 0) is 9.59 Å². The van der Waals surface area contributed by atoms with Gasteiger partial charge in [-0.05, 0) is 42.3 Å². The van der Waals surface area contributed by atoms with Gasteiger partial charge in [-0.25, -0.2) is 0 Å². The highest BCUT2D eigenvalue weighted by atomic mass is 79.9. The van der Waals surface area contributed by atoms with E-state index in [0.717, 1.165) is 22.2 Å². The Morgan fingerprint density at radius 1 is 1.25 bits per heavy atom. The summed E-state index contributed by atoms with van der Waals surface area (Å²) in [6.07, 6.45) is 1.68. The second-order valence-corrected chi connectivity index (χ2v) is 7.51. The number of phenols is 1. The molecule has 2 aromatic rings. The van der Waals surface area contributed by atoms with Gasteiger partial charge in [-0.3, -0.25) is 14.5 Å². The predicted molar refractivity (Wildman–Crippen MR) is 112 cm³/mol. The normalized spacial score (nSPS) is 11.7. The molecule has 150 valence electrons. The van der Waals surface area contributed by atoms with Crippen molar-refractivity contribution < 1.29 is 19.8 Å². The third-order valence-electron chi connectivity index (χ3n) is 4.10. The van der Waals surface area contributed by atoms with Gasteiger partial charge in [0.25, 0.3) is 5.91 Å². The predicted octanol–water partition coefficient (Wildman–Crippen LogP) is 3.79. The van der Waals surface area contributed by atoms with Crippen LogP contribution < -0.4 is 10.2 Å². The molecule has 0 aliphatic heterocycles. The average Bonchev–Trinajstić information content (AvgIpc) is 2.67. The zero-order valence-corrected chi connectivity index (χ0v) is 17.7. The van der Waals surface area contributed by atoms with Crippen LogP contribution in [0.15, 0.2) is 46.9 Å². The molecule has 1 atom stereocenters. The Morgan fingerprint density at radius 3 is 2.64 bits per heavy atom. The lowest BCUT2D eigenvalue weighted by Gasteiger charge is -2.31. The van der Waals surface area contributed by atoms with Gasteiger partial charge in [0, 0.05) is 16.0 Å². The molecule has 28 heavy (non-hydrogen) atoms. The Bertz CT molecular complexity index is 847. The fourth-order valence-corrected chi connectivity index (χ4v) is 3.35. The topological polar surface area (TPSA) is 89.9 Å². The van der Waals surface area contributed by atoms with Crippen molar-refractivity contribution in [2.24, 2.45) is 0 Å². The monoisotopic (exact) mass is 468 g/mol. The minimum absolute atomic E-state index is 0.0437. The number of nitrogens with one attached hydrogen (secondary N) is 1. The number of benzene rings is 2. The Balaban J connectivity index is 2.59. The van der Waals surface area contributed by atoms with Crippen molar-refractivity contribution in [1.82, 2.24) is 5.32 Å². The lowest BCUT2D eigenvalue weighted by molar-refractivity contribution is -0.127. The van der Waals surface area contributed by atoms with E-state index in [-0.39, 0.29) is 16.5 Å². The Morgan fingerprint density at radius 2 is 2.00 bits per heavy atom. The number of rotatable bonds is 8. The van der Waals surface area contributed by atoms with Crippen LogP contribution in [0.3, 0.4) is 0 Å². The van der Waals surface area contributed by atoms with Crippen LogP contribution in [-0.4, -0.2) is 35.2 Å². The molecule has 8 heteroatoms. The molecule has 3 N–H and O–H groups in total. The number of hydrogen-bond donors (Lipinski definition) is 3. The molecule has 0 bridgehead atoms. The summed E-state index contributed by atoms with van der Waals surface area (Å²) in [7, 11) is 0. The van der Waals surface area contributed by atoms with Gasteiger partial charge in [-0.1, -0.05) is 53.0 Å². The molecule has 0 aliphatic carbocycles. The summed E-state index contributed by atoms with van der Waals surface area (Å²) >= 11 is 9.42. The molecule has 2 aromatic carbocycles. The summed E-state index contributed by atoms with van der Waals surface area (Å²) in [6, 6.07) is 10.0.